The minimum Gasteiger partial charge on any atom is -0.0991 e. The highest BCUT2D eigenvalue weighted by Crippen LogP contribution is 2.03. The Hall–Kier alpha value is -1.56. The van der Waals surface area contributed by atoms with Crippen molar-refractivity contribution >= 4 is 6.08 Å². The first-order valence-corrected chi connectivity index (χ1v) is 5.76. The third-order valence-corrected chi connectivity index (χ3v) is 2.30. The van der Waals surface area contributed by atoms with Gasteiger partial charge in [0.25, 0.3) is 0 Å². The molecule has 0 unspecified atom stereocenters. The van der Waals surface area contributed by atoms with Gasteiger partial charge in [-0.25, -0.2) is 0 Å². The van der Waals surface area contributed by atoms with Gasteiger partial charge < -0.3 is 0 Å². The molecule has 1 aromatic rings. The number of allylic oxidation sites excluding steroid dienone is 3. The van der Waals surface area contributed by atoms with Gasteiger partial charge in [-0.3, -0.25) is 0 Å². The lowest BCUT2D eigenvalue weighted by molar-refractivity contribution is 0.978. The van der Waals surface area contributed by atoms with Crippen LogP contribution in [0.4, 0.5) is 0 Å². The standard InChI is InChI=1S/C8H8.C8H14/c1-2-8-6-4-3-5-7-8;1-4-7-8(5-2)6-3/h2-7H,1H2;4,7H,1,5-6H2,2-3H3. The average molecular weight is 214 g/mol. The summed E-state index contributed by atoms with van der Waals surface area (Å²) >= 11 is 0. The first kappa shape index (κ1) is 14.4. The van der Waals surface area contributed by atoms with Crippen LogP contribution in [-0.2, 0) is 0 Å². The Morgan fingerprint density at radius 2 is 1.62 bits per heavy atom. The molecule has 0 bridgehead atoms. The Bertz CT molecular complexity index is 311. The Labute approximate surface area is 100 Å². The summed E-state index contributed by atoms with van der Waals surface area (Å²) in [6.07, 6.45) is 8.08. The predicted octanol–water partition coefficient (Wildman–Crippen LogP) is 5.25. The minimum absolute atomic E-state index is 1.16. The van der Waals surface area contributed by atoms with Crippen LogP contribution in [0, 0.1) is 0 Å². The van der Waals surface area contributed by atoms with Gasteiger partial charge >= 0.3 is 0 Å². The van der Waals surface area contributed by atoms with Gasteiger partial charge in [0.1, 0.15) is 0 Å². The minimum atomic E-state index is 1.16. The number of hydrogen-bond donors (Lipinski definition) is 0. The zero-order valence-corrected chi connectivity index (χ0v) is 10.4. The molecule has 0 N–H and O–H groups in total. The van der Waals surface area contributed by atoms with Crippen LogP contribution in [0.5, 0.6) is 0 Å². The van der Waals surface area contributed by atoms with Crippen molar-refractivity contribution in [3.05, 3.63) is 66.8 Å². The fourth-order valence-corrected chi connectivity index (χ4v) is 1.24. The van der Waals surface area contributed by atoms with Crippen LogP contribution in [0.1, 0.15) is 32.3 Å². The lowest BCUT2D eigenvalue weighted by Crippen LogP contribution is -1.73. The van der Waals surface area contributed by atoms with Crippen molar-refractivity contribution in [2.75, 3.05) is 0 Å². The maximum absolute atomic E-state index is 3.63. The summed E-state index contributed by atoms with van der Waals surface area (Å²) in [5.74, 6) is 0. The maximum atomic E-state index is 3.63. The Morgan fingerprint density at radius 1 is 1.06 bits per heavy atom. The van der Waals surface area contributed by atoms with Gasteiger partial charge in [-0.2, -0.15) is 0 Å². The van der Waals surface area contributed by atoms with Gasteiger partial charge in [0, 0.05) is 0 Å². The van der Waals surface area contributed by atoms with Crippen LogP contribution in [0.2, 0.25) is 0 Å². The molecular formula is C16H22. The summed E-state index contributed by atoms with van der Waals surface area (Å²) in [6, 6.07) is 10.0. The molecule has 0 aliphatic carbocycles. The highest BCUT2D eigenvalue weighted by atomic mass is 13.9. The second-order valence-electron chi connectivity index (χ2n) is 3.38. The van der Waals surface area contributed by atoms with Crippen molar-refractivity contribution in [1.29, 1.82) is 0 Å². The summed E-state index contributed by atoms with van der Waals surface area (Å²) in [5, 5.41) is 0. The van der Waals surface area contributed by atoms with Crippen molar-refractivity contribution in [3.63, 3.8) is 0 Å². The van der Waals surface area contributed by atoms with Gasteiger partial charge in [-0.1, -0.05) is 81.1 Å². The van der Waals surface area contributed by atoms with E-state index in [1.54, 1.807) is 0 Å². The molecule has 0 atom stereocenters. The van der Waals surface area contributed by atoms with E-state index in [2.05, 4.69) is 33.1 Å². The number of rotatable bonds is 4. The Kier molecular flexibility index (Phi) is 9.00. The quantitative estimate of drug-likeness (QED) is 0.601. The Morgan fingerprint density at radius 3 is 1.88 bits per heavy atom. The molecule has 16 heavy (non-hydrogen) atoms. The molecule has 0 spiro atoms. The van der Waals surface area contributed by atoms with Crippen molar-refractivity contribution in [2.24, 2.45) is 0 Å². The van der Waals surface area contributed by atoms with Crippen LogP contribution in [0.3, 0.4) is 0 Å². The third kappa shape index (κ3) is 6.83. The molecule has 0 saturated heterocycles. The molecule has 0 radical (unpaired) electrons. The Balaban J connectivity index is 0.000000281. The van der Waals surface area contributed by atoms with Gasteiger partial charge in [-0.15, -0.1) is 0 Å². The van der Waals surface area contributed by atoms with Gasteiger partial charge in [0.15, 0.2) is 0 Å². The molecule has 0 aliphatic rings. The average Bonchev–Trinajstić information content (AvgIpc) is 2.37. The lowest BCUT2D eigenvalue weighted by atomic mass is 10.1. The topological polar surface area (TPSA) is 0 Å². The molecule has 1 aromatic carbocycles. The van der Waals surface area contributed by atoms with E-state index in [4.69, 9.17) is 0 Å². The van der Waals surface area contributed by atoms with Crippen LogP contribution < -0.4 is 0 Å². The smallest absolute Gasteiger partial charge is 0.0263 e. The lowest BCUT2D eigenvalue weighted by Gasteiger charge is -1.93. The highest BCUT2D eigenvalue weighted by molar-refractivity contribution is 5.45. The third-order valence-electron chi connectivity index (χ3n) is 2.30. The normalized spacial score (nSPS) is 8.38. The fraction of sp³-hybridized carbons (Fsp3) is 0.250. The van der Waals surface area contributed by atoms with Crippen LogP contribution >= 0.6 is 0 Å². The van der Waals surface area contributed by atoms with Crippen LogP contribution in [0.15, 0.2) is 61.2 Å². The zero-order chi connectivity index (χ0) is 12.2. The van der Waals surface area contributed by atoms with Crippen LogP contribution in [-0.4, -0.2) is 0 Å². The molecule has 0 heteroatoms. The van der Waals surface area contributed by atoms with Crippen molar-refractivity contribution in [1.82, 2.24) is 0 Å². The van der Waals surface area contributed by atoms with Gasteiger partial charge in [0.2, 0.25) is 0 Å². The van der Waals surface area contributed by atoms with Crippen molar-refractivity contribution in [2.45, 2.75) is 26.7 Å². The molecule has 0 amide bonds. The van der Waals surface area contributed by atoms with E-state index in [1.165, 1.54) is 11.1 Å². The van der Waals surface area contributed by atoms with E-state index in [0.717, 1.165) is 12.8 Å². The van der Waals surface area contributed by atoms with Gasteiger partial charge in [0.05, 0.1) is 0 Å². The molecule has 0 aromatic heterocycles. The van der Waals surface area contributed by atoms with E-state index >= 15 is 0 Å². The second kappa shape index (κ2) is 9.97. The molecule has 0 heterocycles. The summed E-state index contributed by atoms with van der Waals surface area (Å²) in [7, 11) is 0. The molecule has 86 valence electrons. The summed E-state index contributed by atoms with van der Waals surface area (Å²) in [4.78, 5) is 0. The highest BCUT2D eigenvalue weighted by Gasteiger charge is 1.83. The first-order chi connectivity index (χ1) is 7.78. The first-order valence-electron chi connectivity index (χ1n) is 5.76. The molecule has 0 aliphatic heterocycles. The van der Waals surface area contributed by atoms with E-state index in [9.17, 15) is 0 Å². The fourth-order valence-electron chi connectivity index (χ4n) is 1.24. The summed E-state index contributed by atoms with van der Waals surface area (Å²) < 4.78 is 0. The van der Waals surface area contributed by atoms with E-state index in [1.807, 2.05) is 42.5 Å². The van der Waals surface area contributed by atoms with E-state index in [0.29, 0.717) is 0 Å². The van der Waals surface area contributed by atoms with Crippen LogP contribution in [0.25, 0.3) is 6.08 Å². The second-order valence-corrected chi connectivity index (χ2v) is 3.38. The van der Waals surface area contributed by atoms with E-state index in [-0.39, 0.29) is 0 Å². The van der Waals surface area contributed by atoms with Crippen molar-refractivity contribution < 1.29 is 0 Å². The number of benzene rings is 1. The monoisotopic (exact) mass is 214 g/mol. The summed E-state index contributed by atoms with van der Waals surface area (Å²) in [5.41, 5.74) is 2.65. The largest absolute Gasteiger partial charge is 0.0991 e. The summed E-state index contributed by atoms with van der Waals surface area (Å²) in [6.45, 7) is 11.6. The maximum Gasteiger partial charge on any atom is -0.0263 e. The molecule has 0 fully saturated rings. The predicted molar refractivity (Wildman–Crippen MR) is 75.4 cm³/mol. The molecular weight excluding hydrogens is 192 g/mol. The SMILES string of the molecule is C=CC=C(CC)CC.C=Cc1ccccc1. The number of hydrogen-bond acceptors (Lipinski definition) is 0. The molecule has 1 rings (SSSR count). The van der Waals surface area contributed by atoms with Crippen molar-refractivity contribution in [3.8, 4) is 0 Å². The van der Waals surface area contributed by atoms with Gasteiger partial charge in [-0.05, 0) is 18.4 Å². The van der Waals surface area contributed by atoms with E-state index < -0.39 is 0 Å². The molecule has 0 saturated carbocycles. The zero-order valence-electron chi connectivity index (χ0n) is 10.4. The molecule has 0 nitrogen and oxygen atoms in total.